The van der Waals surface area contributed by atoms with E-state index in [-0.39, 0.29) is 24.0 Å². The molecule has 24 heavy (non-hydrogen) atoms. The van der Waals surface area contributed by atoms with Gasteiger partial charge in [0.15, 0.2) is 11.3 Å². The number of carbonyl (C=O) groups excluding carboxylic acids is 1. The maximum atomic E-state index is 13.0. The molecule has 4 rings (SSSR count). The van der Waals surface area contributed by atoms with E-state index in [1.807, 2.05) is 24.0 Å². The Kier molecular flexibility index (Phi) is 4.02. The molecule has 1 amide bonds. The summed E-state index contributed by atoms with van der Waals surface area (Å²) < 4.78 is 11.3. The Bertz CT molecular complexity index is 757. The summed E-state index contributed by atoms with van der Waals surface area (Å²) in [5, 5.41) is 10.2. The number of fused-ring (bicyclic) bond motifs is 1. The summed E-state index contributed by atoms with van der Waals surface area (Å²) in [6.07, 6.45) is 2.38. The van der Waals surface area contributed by atoms with E-state index >= 15 is 0 Å². The van der Waals surface area contributed by atoms with Gasteiger partial charge in [-0.05, 0) is 31.9 Å². The predicted octanol–water partition coefficient (Wildman–Crippen LogP) is 2.14. The molecule has 1 aliphatic carbocycles. The summed E-state index contributed by atoms with van der Waals surface area (Å²) in [4.78, 5) is 19.2. The molecule has 0 spiro atoms. The van der Waals surface area contributed by atoms with E-state index in [0.29, 0.717) is 36.6 Å². The van der Waals surface area contributed by atoms with Crippen LogP contribution in [0.3, 0.4) is 0 Å². The molecular formula is C18H22N2O4. The third-order valence-electron chi connectivity index (χ3n) is 5.18. The fraction of sp³-hybridized carbons (Fsp3) is 0.556. The smallest absolute Gasteiger partial charge is 0.290 e. The third kappa shape index (κ3) is 2.70. The molecule has 3 heterocycles. The highest BCUT2D eigenvalue weighted by atomic mass is 16.5. The number of hydrogen-bond acceptors (Lipinski definition) is 5. The van der Waals surface area contributed by atoms with E-state index in [0.717, 1.165) is 25.0 Å². The lowest BCUT2D eigenvalue weighted by atomic mass is 9.94. The van der Waals surface area contributed by atoms with Crippen molar-refractivity contribution in [2.45, 2.75) is 38.3 Å². The number of aromatic nitrogens is 1. The molecule has 1 saturated carbocycles. The zero-order valence-electron chi connectivity index (χ0n) is 13.8. The molecule has 128 valence electrons. The highest BCUT2D eigenvalue weighted by molar-refractivity contribution is 5.95. The Morgan fingerprint density at radius 3 is 3.04 bits per heavy atom. The number of aliphatic hydroxyl groups excluding tert-OH is 1. The molecule has 2 aromatic rings. The molecule has 1 saturated heterocycles. The van der Waals surface area contributed by atoms with E-state index in [9.17, 15) is 9.90 Å². The molecule has 6 heteroatoms. The van der Waals surface area contributed by atoms with Crippen LogP contribution < -0.4 is 0 Å². The average molecular weight is 330 g/mol. The zero-order valence-corrected chi connectivity index (χ0v) is 13.8. The highest BCUT2D eigenvalue weighted by Crippen LogP contribution is 2.33. The lowest BCUT2D eigenvalue weighted by molar-refractivity contribution is -0.0393. The van der Waals surface area contributed by atoms with E-state index in [4.69, 9.17) is 9.15 Å². The number of rotatable bonds is 2. The van der Waals surface area contributed by atoms with Crippen LogP contribution in [0.5, 0.6) is 0 Å². The fourth-order valence-corrected chi connectivity index (χ4v) is 3.92. The molecule has 6 nitrogen and oxygen atoms in total. The van der Waals surface area contributed by atoms with Gasteiger partial charge < -0.3 is 19.2 Å². The molecule has 3 unspecified atom stereocenters. The van der Waals surface area contributed by atoms with Crippen molar-refractivity contribution >= 4 is 17.0 Å². The first kappa shape index (κ1) is 15.6. The number of nitrogens with zero attached hydrogens (tertiary/aromatic N) is 2. The lowest BCUT2D eigenvalue weighted by Crippen LogP contribution is -2.53. The molecule has 3 atom stereocenters. The van der Waals surface area contributed by atoms with Crippen molar-refractivity contribution in [3.63, 3.8) is 0 Å². The molecule has 0 radical (unpaired) electrons. The minimum Gasteiger partial charge on any atom is -0.449 e. The molecule has 2 aromatic heterocycles. The first-order valence-corrected chi connectivity index (χ1v) is 8.57. The van der Waals surface area contributed by atoms with E-state index in [1.165, 1.54) is 0 Å². The monoisotopic (exact) mass is 330 g/mol. The van der Waals surface area contributed by atoms with Crippen molar-refractivity contribution in [1.82, 2.24) is 9.88 Å². The minimum atomic E-state index is -0.355. The quantitative estimate of drug-likeness (QED) is 0.913. The standard InChI is InChI=1S/C18H22N2O4/c1-11-5-6-16-13(19-11)9-17(24-16)18(22)20-7-8-23-10-14(20)12-3-2-4-15(12)21/h5-6,9,12,14-15,21H,2-4,7-8,10H2,1H3. The average Bonchev–Trinajstić information content (AvgIpc) is 3.19. The van der Waals surface area contributed by atoms with Gasteiger partial charge in [-0.3, -0.25) is 4.79 Å². The van der Waals surface area contributed by atoms with Crippen LogP contribution in [-0.4, -0.2) is 52.8 Å². The van der Waals surface area contributed by atoms with E-state index < -0.39 is 0 Å². The Morgan fingerprint density at radius 1 is 1.38 bits per heavy atom. The van der Waals surface area contributed by atoms with E-state index in [2.05, 4.69) is 4.98 Å². The maximum Gasteiger partial charge on any atom is 0.290 e. The Hall–Kier alpha value is -1.92. The summed E-state index contributed by atoms with van der Waals surface area (Å²) in [7, 11) is 0. The molecule has 2 aliphatic rings. The van der Waals surface area contributed by atoms with Gasteiger partial charge in [0, 0.05) is 24.2 Å². The van der Waals surface area contributed by atoms with Crippen molar-refractivity contribution in [1.29, 1.82) is 0 Å². The number of aliphatic hydroxyl groups is 1. The topological polar surface area (TPSA) is 75.8 Å². The van der Waals surface area contributed by atoms with Gasteiger partial charge in [0.1, 0.15) is 5.52 Å². The lowest BCUT2D eigenvalue weighted by Gasteiger charge is -2.39. The zero-order chi connectivity index (χ0) is 16.7. The van der Waals surface area contributed by atoms with Crippen LogP contribution in [0.1, 0.15) is 35.5 Å². The predicted molar refractivity (Wildman–Crippen MR) is 87.7 cm³/mol. The van der Waals surface area contributed by atoms with Crippen LogP contribution in [0.25, 0.3) is 11.1 Å². The molecule has 0 bridgehead atoms. The molecule has 1 aliphatic heterocycles. The van der Waals surface area contributed by atoms with Crippen molar-refractivity contribution in [3.8, 4) is 0 Å². The summed E-state index contributed by atoms with van der Waals surface area (Å²) >= 11 is 0. The van der Waals surface area contributed by atoms with Gasteiger partial charge in [-0.25, -0.2) is 4.98 Å². The largest absolute Gasteiger partial charge is 0.449 e. The maximum absolute atomic E-state index is 13.0. The number of furan rings is 1. The highest BCUT2D eigenvalue weighted by Gasteiger charge is 2.40. The van der Waals surface area contributed by atoms with Gasteiger partial charge in [0.05, 0.1) is 25.4 Å². The van der Waals surface area contributed by atoms with Crippen LogP contribution in [0, 0.1) is 12.8 Å². The second kappa shape index (κ2) is 6.18. The number of amides is 1. The number of ether oxygens (including phenoxy) is 1. The Balaban J connectivity index is 1.62. The molecule has 0 aromatic carbocycles. The normalized spacial score (nSPS) is 27.8. The molecular weight excluding hydrogens is 308 g/mol. The molecule has 2 fully saturated rings. The van der Waals surface area contributed by atoms with Crippen LogP contribution >= 0.6 is 0 Å². The summed E-state index contributed by atoms with van der Waals surface area (Å²) in [5.41, 5.74) is 2.21. The van der Waals surface area contributed by atoms with Gasteiger partial charge in [-0.1, -0.05) is 6.42 Å². The van der Waals surface area contributed by atoms with Crippen molar-refractivity contribution < 1.29 is 19.1 Å². The van der Waals surface area contributed by atoms with Crippen molar-refractivity contribution in [3.05, 3.63) is 29.7 Å². The van der Waals surface area contributed by atoms with Crippen LogP contribution in [-0.2, 0) is 4.74 Å². The summed E-state index contributed by atoms with van der Waals surface area (Å²) in [5.74, 6) is 0.250. The first-order chi connectivity index (χ1) is 11.6. The van der Waals surface area contributed by atoms with Crippen LogP contribution in [0.4, 0.5) is 0 Å². The number of carbonyl (C=O) groups is 1. The third-order valence-corrected chi connectivity index (χ3v) is 5.18. The SMILES string of the molecule is Cc1ccc2oc(C(=O)N3CCOCC3C3CCCC3O)cc2n1. The number of aryl methyl sites for hydroxylation is 1. The van der Waals surface area contributed by atoms with Gasteiger partial charge in [-0.2, -0.15) is 0 Å². The fourth-order valence-electron chi connectivity index (χ4n) is 3.92. The van der Waals surface area contributed by atoms with Crippen molar-refractivity contribution in [2.75, 3.05) is 19.8 Å². The summed E-state index contributed by atoms with van der Waals surface area (Å²) in [6.45, 7) is 3.43. The second-order valence-corrected chi connectivity index (χ2v) is 6.75. The first-order valence-electron chi connectivity index (χ1n) is 8.57. The Labute approximate surface area is 140 Å². The summed E-state index contributed by atoms with van der Waals surface area (Å²) in [6, 6.07) is 5.33. The van der Waals surface area contributed by atoms with Crippen molar-refractivity contribution in [2.24, 2.45) is 5.92 Å². The number of morpholine rings is 1. The second-order valence-electron chi connectivity index (χ2n) is 6.75. The van der Waals surface area contributed by atoms with E-state index in [1.54, 1.807) is 6.07 Å². The van der Waals surface area contributed by atoms with Gasteiger partial charge in [0.2, 0.25) is 0 Å². The van der Waals surface area contributed by atoms with Gasteiger partial charge in [0.25, 0.3) is 5.91 Å². The number of hydrogen-bond donors (Lipinski definition) is 1. The number of pyridine rings is 1. The molecule has 1 N–H and O–H groups in total. The van der Waals surface area contributed by atoms with Crippen LogP contribution in [0.2, 0.25) is 0 Å². The minimum absolute atomic E-state index is 0.0824. The Morgan fingerprint density at radius 2 is 2.25 bits per heavy atom. The van der Waals surface area contributed by atoms with Gasteiger partial charge >= 0.3 is 0 Å². The van der Waals surface area contributed by atoms with Gasteiger partial charge in [-0.15, -0.1) is 0 Å². The van der Waals surface area contributed by atoms with Crippen LogP contribution in [0.15, 0.2) is 22.6 Å².